The molecule has 0 aliphatic carbocycles. The predicted octanol–water partition coefficient (Wildman–Crippen LogP) is 2.86. The Balaban J connectivity index is 0.000000399. The van der Waals surface area contributed by atoms with Gasteiger partial charge in [-0.25, -0.2) is 9.37 Å². The van der Waals surface area contributed by atoms with Crippen LogP contribution in [0.15, 0.2) is 41.2 Å². The summed E-state index contributed by atoms with van der Waals surface area (Å²) in [6, 6.07) is 3.63. The quantitative estimate of drug-likeness (QED) is 0.643. The molecule has 1 heterocycles. The van der Waals surface area contributed by atoms with Gasteiger partial charge in [0.2, 0.25) is 5.88 Å². The molecule has 0 amide bonds. The van der Waals surface area contributed by atoms with Crippen molar-refractivity contribution in [3.05, 3.63) is 46.7 Å². The van der Waals surface area contributed by atoms with Crippen molar-refractivity contribution in [2.24, 2.45) is 5.73 Å². The summed E-state index contributed by atoms with van der Waals surface area (Å²) in [5.41, 5.74) is 5.96. The number of nitrogens with zero attached hydrogens (tertiary/aromatic N) is 1. The summed E-state index contributed by atoms with van der Waals surface area (Å²) in [4.78, 5) is 3.97. The van der Waals surface area contributed by atoms with Crippen LogP contribution in [0.1, 0.15) is 12.5 Å². The summed E-state index contributed by atoms with van der Waals surface area (Å²) < 4.78 is 17.6. The molecule has 3 N–H and O–H groups in total. The van der Waals surface area contributed by atoms with E-state index in [0.717, 1.165) is 10.0 Å². The van der Waals surface area contributed by atoms with Gasteiger partial charge in [0.25, 0.3) is 0 Å². The number of aromatic nitrogens is 1. The van der Waals surface area contributed by atoms with Gasteiger partial charge in [0.05, 0.1) is 7.11 Å². The van der Waals surface area contributed by atoms with Crippen LogP contribution in [-0.2, 0) is 6.54 Å². The molecular formula is C13H19BrFN3O. The molecule has 0 saturated heterocycles. The van der Waals surface area contributed by atoms with Crippen LogP contribution in [-0.4, -0.2) is 18.9 Å². The first kappa shape index (κ1) is 17.6. The number of hydrogen-bond donors (Lipinski definition) is 2. The topological polar surface area (TPSA) is 60.2 Å². The van der Waals surface area contributed by atoms with Gasteiger partial charge in [0.1, 0.15) is 6.80 Å². The maximum Gasteiger partial charge on any atom is 0.217 e. The fourth-order valence-corrected chi connectivity index (χ4v) is 1.40. The predicted molar refractivity (Wildman–Crippen MR) is 79.6 cm³/mol. The molecule has 0 unspecified atom stereocenters. The molecule has 4 nitrogen and oxygen atoms in total. The third-order valence-corrected chi connectivity index (χ3v) is 2.47. The van der Waals surface area contributed by atoms with Gasteiger partial charge in [-0.05, 0) is 28.9 Å². The number of ether oxygens (including phenoxy) is 1. The lowest BCUT2D eigenvalue weighted by molar-refractivity contribution is 0.382. The van der Waals surface area contributed by atoms with Gasteiger partial charge >= 0.3 is 0 Å². The largest absolute Gasteiger partial charge is 0.481 e. The number of methoxy groups -OCH3 is 1. The highest BCUT2D eigenvalue weighted by molar-refractivity contribution is 9.11. The Morgan fingerprint density at radius 1 is 1.63 bits per heavy atom. The van der Waals surface area contributed by atoms with Gasteiger partial charge in [-0.15, -0.1) is 0 Å². The SMILES string of the molecule is C/C=C\C(Br)=C/N.COc1ncccc1CNCF. The number of halogens is 2. The number of nitrogens with two attached hydrogens (primary N) is 1. The third-order valence-electron chi connectivity index (χ3n) is 1.94. The molecule has 0 atom stereocenters. The highest BCUT2D eigenvalue weighted by Gasteiger charge is 2.00. The molecule has 0 fully saturated rings. The lowest BCUT2D eigenvalue weighted by atomic mass is 10.3. The highest BCUT2D eigenvalue weighted by Crippen LogP contribution is 2.12. The summed E-state index contributed by atoms with van der Waals surface area (Å²) >= 11 is 3.19. The van der Waals surface area contributed by atoms with Gasteiger partial charge in [-0.1, -0.05) is 18.2 Å². The zero-order valence-corrected chi connectivity index (χ0v) is 12.7. The molecule has 1 aromatic heterocycles. The third kappa shape index (κ3) is 8.34. The normalized spacial score (nSPS) is 11.1. The lowest BCUT2D eigenvalue weighted by Crippen LogP contribution is -2.12. The average Bonchev–Trinajstić information content (AvgIpc) is 2.46. The van der Waals surface area contributed by atoms with E-state index in [9.17, 15) is 4.39 Å². The van der Waals surface area contributed by atoms with Crippen LogP contribution in [0.5, 0.6) is 5.88 Å². The monoisotopic (exact) mass is 331 g/mol. The van der Waals surface area contributed by atoms with E-state index in [0.29, 0.717) is 12.4 Å². The van der Waals surface area contributed by atoms with E-state index >= 15 is 0 Å². The van der Waals surface area contributed by atoms with Crippen molar-refractivity contribution < 1.29 is 9.13 Å². The Morgan fingerprint density at radius 2 is 2.37 bits per heavy atom. The van der Waals surface area contributed by atoms with E-state index in [2.05, 4.69) is 26.2 Å². The second kappa shape index (κ2) is 11.7. The van der Waals surface area contributed by atoms with Gasteiger partial charge in [-0.2, -0.15) is 0 Å². The Labute approximate surface area is 121 Å². The molecule has 1 rings (SSSR count). The second-order valence-corrected chi connectivity index (χ2v) is 4.20. The van der Waals surface area contributed by atoms with Gasteiger partial charge in [-0.3, -0.25) is 5.32 Å². The van der Waals surface area contributed by atoms with Crippen molar-refractivity contribution in [3.63, 3.8) is 0 Å². The van der Waals surface area contributed by atoms with Crippen LogP contribution < -0.4 is 15.8 Å². The van der Waals surface area contributed by atoms with Crippen molar-refractivity contribution in [2.75, 3.05) is 13.9 Å². The minimum Gasteiger partial charge on any atom is -0.481 e. The van der Waals surface area contributed by atoms with Gasteiger partial charge in [0, 0.05) is 29.0 Å². The first-order chi connectivity index (χ1) is 9.19. The van der Waals surface area contributed by atoms with Crippen LogP contribution in [0.4, 0.5) is 4.39 Å². The fourth-order valence-electron chi connectivity index (χ4n) is 1.14. The smallest absolute Gasteiger partial charge is 0.217 e. The van der Waals surface area contributed by atoms with E-state index in [1.165, 1.54) is 6.20 Å². The Hall–Kier alpha value is -1.40. The zero-order chi connectivity index (χ0) is 14.5. The molecule has 1 aromatic rings. The van der Waals surface area contributed by atoms with Crippen LogP contribution in [0.2, 0.25) is 0 Å². The molecule has 106 valence electrons. The number of pyridine rings is 1. The number of rotatable bonds is 5. The molecule has 0 bridgehead atoms. The molecule has 0 saturated carbocycles. The van der Waals surface area contributed by atoms with Crippen LogP contribution in [0.3, 0.4) is 0 Å². The Bertz CT molecular complexity index is 411. The molecule has 0 spiro atoms. The van der Waals surface area contributed by atoms with Crippen LogP contribution in [0.25, 0.3) is 0 Å². The van der Waals surface area contributed by atoms with Crippen molar-refractivity contribution in [3.8, 4) is 5.88 Å². The standard InChI is InChI=1S/C8H11FN2O.C5H8BrN/c1-12-8-7(5-10-6-9)3-2-4-11-8;1-2-3-5(6)4-7/h2-4,10H,5-6H2,1H3;2-4H,7H2,1H3/b;3-2-,5-4+. The maximum absolute atomic E-state index is 11.7. The second-order valence-electron chi connectivity index (χ2n) is 3.28. The molecule has 0 radical (unpaired) electrons. The van der Waals surface area contributed by atoms with E-state index in [4.69, 9.17) is 10.5 Å². The Kier molecular flexibility index (Phi) is 10.8. The first-order valence-electron chi connectivity index (χ1n) is 5.64. The van der Waals surface area contributed by atoms with Gasteiger partial charge < -0.3 is 10.5 Å². The van der Waals surface area contributed by atoms with Crippen molar-refractivity contribution >= 4 is 15.9 Å². The summed E-state index contributed by atoms with van der Waals surface area (Å²) in [6.45, 7) is 1.83. The maximum atomic E-state index is 11.7. The minimum atomic E-state index is -0.544. The summed E-state index contributed by atoms with van der Waals surface area (Å²) in [5, 5.41) is 2.55. The number of nitrogens with one attached hydrogen (secondary N) is 1. The van der Waals surface area contributed by atoms with Crippen molar-refractivity contribution in [2.45, 2.75) is 13.5 Å². The molecule has 0 aromatic carbocycles. The molecule has 0 aliphatic rings. The first-order valence-corrected chi connectivity index (χ1v) is 6.43. The van der Waals surface area contributed by atoms with Crippen molar-refractivity contribution in [1.82, 2.24) is 10.3 Å². The summed E-state index contributed by atoms with van der Waals surface area (Å²) in [7, 11) is 1.54. The summed E-state index contributed by atoms with van der Waals surface area (Å²) in [6.07, 6.45) is 6.92. The van der Waals surface area contributed by atoms with E-state index in [1.807, 2.05) is 25.1 Å². The molecule has 6 heteroatoms. The van der Waals surface area contributed by atoms with Crippen LogP contribution in [0, 0.1) is 0 Å². The molecular weight excluding hydrogens is 313 g/mol. The number of allylic oxidation sites excluding steroid dienone is 3. The number of alkyl halides is 1. The minimum absolute atomic E-state index is 0.438. The van der Waals surface area contributed by atoms with E-state index in [1.54, 1.807) is 19.4 Å². The summed E-state index contributed by atoms with van der Waals surface area (Å²) in [5.74, 6) is 0.540. The van der Waals surface area contributed by atoms with E-state index < -0.39 is 6.80 Å². The lowest BCUT2D eigenvalue weighted by Gasteiger charge is -2.05. The van der Waals surface area contributed by atoms with Crippen molar-refractivity contribution in [1.29, 1.82) is 0 Å². The average molecular weight is 332 g/mol. The van der Waals surface area contributed by atoms with E-state index in [-0.39, 0.29) is 0 Å². The fraction of sp³-hybridized carbons (Fsp3) is 0.308. The Morgan fingerprint density at radius 3 is 2.84 bits per heavy atom. The highest BCUT2D eigenvalue weighted by atomic mass is 79.9. The zero-order valence-electron chi connectivity index (χ0n) is 11.1. The molecule has 19 heavy (non-hydrogen) atoms. The van der Waals surface area contributed by atoms with Gasteiger partial charge in [0.15, 0.2) is 0 Å². The number of hydrogen-bond acceptors (Lipinski definition) is 4. The molecule has 0 aliphatic heterocycles. The van der Waals surface area contributed by atoms with Crippen LogP contribution >= 0.6 is 15.9 Å².